The van der Waals surface area contributed by atoms with Crippen molar-refractivity contribution in [2.24, 2.45) is 0 Å². The van der Waals surface area contributed by atoms with Crippen molar-refractivity contribution in [1.82, 2.24) is 9.97 Å². The number of alkyl halides is 2. The van der Waals surface area contributed by atoms with Gasteiger partial charge in [-0.15, -0.1) is 12.4 Å². The first-order chi connectivity index (χ1) is 10.4. The van der Waals surface area contributed by atoms with Crippen molar-refractivity contribution in [2.45, 2.75) is 19.8 Å². The van der Waals surface area contributed by atoms with E-state index >= 15 is 0 Å². The summed E-state index contributed by atoms with van der Waals surface area (Å²) in [6, 6.07) is 16.1. The highest BCUT2D eigenvalue weighted by Crippen LogP contribution is 2.31. The third-order valence-corrected chi connectivity index (χ3v) is 3.57. The Kier molecular flexibility index (Phi) is 4.85. The van der Waals surface area contributed by atoms with Crippen LogP contribution in [0, 0.1) is 6.92 Å². The molecule has 0 aliphatic heterocycles. The van der Waals surface area contributed by atoms with E-state index in [0.29, 0.717) is 11.4 Å². The minimum absolute atomic E-state index is 0. The smallest absolute Gasteiger partial charge is 0.270 e. The van der Waals surface area contributed by atoms with Crippen molar-refractivity contribution in [3.05, 3.63) is 65.9 Å². The molecule has 3 rings (SSSR count). The zero-order valence-corrected chi connectivity index (χ0v) is 13.6. The molecule has 0 saturated heterocycles. The van der Waals surface area contributed by atoms with Gasteiger partial charge in [-0.3, -0.25) is 0 Å². The molecule has 0 bridgehead atoms. The van der Waals surface area contributed by atoms with Gasteiger partial charge in [-0.1, -0.05) is 48.5 Å². The van der Waals surface area contributed by atoms with Crippen molar-refractivity contribution in [1.29, 1.82) is 0 Å². The van der Waals surface area contributed by atoms with Gasteiger partial charge >= 0.3 is 0 Å². The molecular formula is C18H17ClF2N2. The Balaban J connectivity index is 0.00000192. The largest absolute Gasteiger partial charge is 0.342 e. The molecule has 120 valence electrons. The average Bonchev–Trinajstić information content (AvgIpc) is 2.89. The Morgan fingerprint density at radius 1 is 0.957 bits per heavy atom. The van der Waals surface area contributed by atoms with Gasteiger partial charge in [-0.2, -0.15) is 0 Å². The van der Waals surface area contributed by atoms with Crippen molar-refractivity contribution >= 4 is 12.4 Å². The van der Waals surface area contributed by atoms with Gasteiger partial charge in [0.25, 0.3) is 5.92 Å². The van der Waals surface area contributed by atoms with Crippen LogP contribution in [-0.4, -0.2) is 9.97 Å². The Morgan fingerprint density at radius 2 is 1.61 bits per heavy atom. The van der Waals surface area contributed by atoms with Crippen LogP contribution in [0.25, 0.3) is 22.6 Å². The maximum absolute atomic E-state index is 13.5. The van der Waals surface area contributed by atoms with Crippen molar-refractivity contribution in [2.75, 3.05) is 0 Å². The van der Waals surface area contributed by atoms with Gasteiger partial charge in [0.05, 0.1) is 5.69 Å². The van der Waals surface area contributed by atoms with E-state index in [1.165, 1.54) is 12.1 Å². The van der Waals surface area contributed by atoms with Crippen LogP contribution in [0.15, 0.2) is 54.6 Å². The minimum Gasteiger partial charge on any atom is -0.342 e. The van der Waals surface area contributed by atoms with E-state index in [1.807, 2.05) is 37.3 Å². The van der Waals surface area contributed by atoms with Crippen LogP contribution in [0.1, 0.15) is 18.2 Å². The predicted octanol–water partition coefficient (Wildman–Crippen LogP) is 5.59. The second kappa shape index (κ2) is 6.50. The molecule has 1 heterocycles. The molecule has 0 spiro atoms. The van der Waals surface area contributed by atoms with Gasteiger partial charge in [0, 0.05) is 29.3 Å². The summed E-state index contributed by atoms with van der Waals surface area (Å²) in [6.07, 6.45) is 0. The molecule has 0 fully saturated rings. The Labute approximate surface area is 140 Å². The van der Waals surface area contributed by atoms with E-state index in [9.17, 15) is 8.78 Å². The van der Waals surface area contributed by atoms with Gasteiger partial charge in [0.2, 0.25) is 0 Å². The van der Waals surface area contributed by atoms with Gasteiger partial charge in [0.1, 0.15) is 5.82 Å². The molecule has 0 aliphatic rings. The normalized spacial score (nSPS) is 11.1. The maximum Gasteiger partial charge on any atom is 0.270 e. The molecule has 0 aliphatic carbocycles. The molecule has 0 amide bonds. The summed E-state index contributed by atoms with van der Waals surface area (Å²) in [5.74, 6) is -2.26. The number of imidazole rings is 1. The van der Waals surface area contributed by atoms with Crippen LogP contribution in [0.2, 0.25) is 0 Å². The zero-order valence-electron chi connectivity index (χ0n) is 12.8. The Bertz CT molecular complexity index is 792. The molecule has 0 atom stereocenters. The molecule has 1 aromatic heterocycles. The molecule has 2 aromatic carbocycles. The first-order valence-electron chi connectivity index (χ1n) is 7.06. The summed E-state index contributed by atoms with van der Waals surface area (Å²) in [6.45, 7) is 2.83. The number of aryl methyl sites for hydroxylation is 1. The second-order valence-electron chi connectivity index (χ2n) is 5.39. The van der Waals surface area contributed by atoms with E-state index in [1.54, 1.807) is 12.1 Å². The summed E-state index contributed by atoms with van der Waals surface area (Å²) >= 11 is 0. The number of hydrogen-bond acceptors (Lipinski definition) is 1. The molecule has 0 unspecified atom stereocenters. The average molecular weight is 335 g/mol. The number of benzene rings is 2. The third kappa shape index (κ3) is 3.59. The van der Waals surface area contributed by atoms with Crippen molar-refractivity contribution < 1.29 is 8.78 Å². The molecule has 0 saturated carbocycles. The third-order valence-electron chi connectivity index (χ3n) is 3.57. The molecule has 3 aromatic rings. The van der Waals surface area contributed by atoms with Crippen LogP contribution < -0.4 is 0 Å². The lowest BCUT2D eigenvalue weighted by atomic mass is 10.1. The fourth-order valence-corrected chi connectivity index (χ4v) is 2.41. The highest BCUT2D eigenvalue weighted by molar-refractivity contribution is 5.85. The summed E-state index contributed by atoms with van der Waals surface area (Å²) in [7, 11) is 0. The van der Waals surface area contributed by atoms with E-state index in [-0.39, 0.29) is 18.0 Å². The molecule has 1 N–H and O–H groups in total. The summed E-state index contributed by atoms with van der Waals surface area (Å²) < 4.78 is 26.9. The number of aromatic nitrogens is 2. The highest BCUT2D eigenvalue weighted by Gasteiger charge is 2.24. The first-order valence-corrected chi connectivity index (χ1v) is 7.06. The summed E-state index contributed by atoms with van der Waals surface area (Å²) in [4.78, 5) is 7.76. The van der Waals surface area contributed by atoms with Gasteiger partial charge in [0.15, 0.2) is 0 Å². The number of aromatic amines is 1. The van der Waals surface area contributed by atoms with Gasteiger partial charge < -0.3 is 4.98 Å². The zero-order chi connectivity index (χ0) is 15.7. The SMILES string of the molecule is Cc1[nH]c(-c2cccc(C(C)(F)F)c2)nc1-c1ccccc1.Cl. The quantitative estimate of drug-likeness (QED) is 0.665. The lowest BCUT2D eigenvalue weighted by Gasteiger charge is -2.11. The van der Waals surface area contributed by atoms with Crippen LogP contribution >= 0.6 is 12.4 Å². The fraction of sp³-hybridized carbons (Fsp3) is 0.167. The molecule has 0 radical (unpaired) electrons. The fourth-order valence-electron chi connectivity index (χ4n) is 2.41. The van der Waals surface area contributed by atoms with E-state index in [2.05, 4.69) is 9.97 Å². The molecule has 5 heteroatoms. The summed E-state index contributed by atoms with van der Waals surface area (Å²) in [5, 5.41) is 0. The molecule has 2 nitrogen and oxygen atoms in total. The van der Waals surface area contributed by atoms with Crippen LogP contribution in [-0.2, 0) is 5.92 Å². The predicted molar refractivity (Wildman–Crippen MR) is 91.0 cm³/mol. The van der Waals surface area contributed by atoms with Crippen LogP contribution in [0.4, 0.5) is 8.78 Å². The lowest BCUT2D eigenvalue weighted by Crippen LogP contribution is -2.06. The number of rotatable bonds is 3. The Morgan fingerprint density at radius 3 is 2.26 bits per heavy atom. The van der Waals surface area contributed by atoms with E-state index < -0.39 is 5.92 Å². The monoisotopic (exact) mass is 334 g/mol. The number of nitrogens with zero attached hydrogens (tertiary/aromatic N) is 1. The lowest BCUT2D eigenvalue weighted by molar-refractivity contribution is 0.0175. The number of hydrogen-bond donors (Lipinski definition) is 1. The number of H-pyrrole nitrogens is 1. The highest BCUT2D eigenvalue weighted by atomic mass is 35.5. The number of nitrogens with one attached hydrogen (secondary N) is 1. The van der Waals surface area contributed by atoms with E-state index in [4.69, 9.17) is 0 Å². The Hall–Kier alpha value is -2.20. The minimum atomic E-state index is -2.86. The maximum atomic E-state index is 13.5. The van der Waals surface area contributed by atoms with Crippen molar-refractivity contribution in [3.8, 4) is 22.6 Å². The summed E-state index contributed by atoms with van der Waals surface area (Å²) in [5.41, 5.74) is 3.39. The first kappa shape index (κ1) is 17.2. The van der Waals surface area contributed by atoms with Gasteiger partial charge in [-0.05, 0) is 13.0 Å². The molecular weight excluding hydrogens is 318 g/mol. The van der Waals surface area contributed by atoms with Gasteiger partial charge in [-0.25, -0.2) is 13.8 Å². The van der Waals surface area contributed by atoms with E-state index in [0.717, 1.165) is 23.9 Å². The topological polar surface area (TPSA) is 28.7 Å². The number of halogens is 3. The standard InChI is InChI=1S/C18H16F2N2.ClH/c1-12-16(13-7-4-3-5-8-13)22-17(21-12)14-9-6-10-15(11-14)18(2,19)20;/h3-11H,1-2H3,(H,21,22);1H. The van der Waals surface area contributed by atoms with Crippen molar-refractivity contribution in [3.63, 3.8) is 0 Å². The van der Waals surface area contributed by atoms with Crippen LogP contribution in [0.5, 0.6) is 0 Å². The second-order valence-corrected chi connectivity index (χ2v) is 5.39. The molecule has 23 heavy (non-hydrogen) atoms. The van der Waals surface area contributed by atoms with Crippen LogP contribution in [0.3, 0.4) is 0 Å².